The molecule has 0 aromatic heterocycles. The molecule has 0 aromatic carbocycles. The molecule has 0 radical (unpaired) electrons. The molecule has 0 unspecified atom stereocenters. The maximum Gasteiger partial charge on any atom is 0.326 e. The molecule has 0 heterocycles. The zero-order valence-electron chi connectivity index (χ0n) is 10.9. The molecule has 3 N–H and O–H groups in total. The highest BCUT2D eigenvalue weighted by molar-refractivity contribution is 5.86. The number of nitrogens with one attached hydrogen (secondary N) is 1. The molecule has 1 atom stereocenters. The average Bonchev–Trinajstić information content (AvgIpc) is 2.56. The summed E-state index contributed by atoms with van der Waals surface area (Å²) in [5, 5.41) is 19.7. The summed E-state index contributed by atoms with van der Waals surface area (Å²) in [5.74, 6) is -2.61. The highest BCUT2D eigenvalue weighted by Crippen LogP contribution is 2.25. The fourth-order valence-electron chi connectivity index (χ4n) is 2.46. The summed E-state index contributed by atoms with van der Waals surface area (Å²) in [6.45, 7) is 0. The summed E-state index contributed by atoms with van der Waals surface area (Å²) in [5.41, 5.74) is 0. The first kappa shape index (κ1) is 15.5. The molecule has 19 heavy (non-hydrogen) atoms. The van der Waals surface area contributed by atoms with Crippen molar-refractivity contribution in [1.29, 1.82) is 0 Å². The van der Waals surface area contributed by atoms with E-state index in [1.165, 1.54) is 12.8 Å². The van der Waals surface area contributed by atoms with Gasteiger partial charge in [-0.15, -0.1) is 0 Å². The van der Waals surface area contributed by atoms with Gasteiger partial charge in [-0.2, -0.15) is 0 Å². The van der Waals surface area contributed by atoms with Crippen molar-refractivity contribution in [2.24, 2.45) is 5.92 Å². The van der Waals surface area contributed by atoms with Gasteiger partial charge in [0, 0.05) is 6.42 Å². The first-order valence-corrected chi connectivity index (χ1v) is 6.73. The van der Waals surface area contributed by atoms with Crippen LogP contribution >= 0.6 is 0 Å². The van der Waals surface area contributed by atoms with Gasteiger partial charge in [0.25, 0.3) is 0 Å². The van der Waals surface area contributed by atoms with E-state index in [4.69, 9.17) is 10.2 Å². The van der Waals surface area contributed by atoms with Gasteiger partial charge in [0.1, 0.15) is 6.04 Å². The van der Waals surface area contributed by atoms with Crippen LogP contribution in [0.5, 0.6) is 0 Å². The summed E-state index contributed by atoms with van der Waals surface area (Å²) in [4.78, 5) is 33.1. The Hall–Kier alpha value is -1.59. The van der Waals surface area contributed by atoms with Crippen LogP contribution in [0.3, 0.4) is 0 Å². The van der Waals surface area contributed by atoms with Crippen LogP contribution in [0.2, 0.25) is 0 Å². The fraction of sp³-hybridized carbons (Fsp3) is 0.769. The second-order valence-corrected chi connectivity index (χ2v) is 5.12. The number of rotatable bonds is 6. The minimum absolute atomic E-state index is 0.293. The van der Waals surface area contributed by atoms with E-state index in [1.54, 1.807) is 0 Å². The van der Waals surface area contributed by atoms with Gasteiger partial charge in [0.2, 0.25) is 5.91 Å². The molecule has 0 aromatic rings. The number of hydrogen-bond acceptors (Lipinski definition) is 3. The first-order chi connectivity index (χ1) is 8.99. The zero-order valence-corrected chi connectivity index (χ0v) is 10.9. The van der Waals surface area contributed by atoms with Gasteiger partial charge in [-0.25, -0.2) is 4.79 Å². The van der Waals surface area contributed by atoms with Crippen LogP contribution in [0.1, 0.15) is 51.4 Å². The number of carbonyl (C=O) groups excluding carboxylic acids is 1. The maximum absolute atomic E-state index is 11.8. The van der Waals surface area contributed by atoms with E-state index in [0.717, 1.165) is 25.7 Å². The highest BCUT2D eigenvalue weighted by atomic mass is 16.4. The van der Waals surface area contributed by atoms with Crippen LogP contribution < -0.4 is 5.32 Å². The van der Waals surface area contributed by atoms with Crippen molar-refractivity contribution >= 4 is 17.8 Å². The van der Waals surface area contributed by atoms with Crippen molar-refractivity contribution in [3.63, 3.8) is 0 Å². The van der Waals surface area contributed by atoms with E-state index in [2.05, 4.69) is 5.32 Å². The Kier molecular flexibility index (Phi) is 6.32. The van der Waals surface area contributed by atoms with Crippen LogP contribution in [0.25, 0.3) is 0 Å². The van der Waals surface area contributed by atoms with Crippen LogP contribution in [-0.4, -0.2) is 34.1 Å². The second kappa shape index (κ2) is 7.76. The van der Waals surface area contributed by atoms with E-state index in [1.807, 2.05) is 0 Å². The minimum atomic E-state index is -1.34. The van der Waals surface area contributed by atoms with Crippen LogP contribution in [0.15, 0.2) is 0 Å². The molecule has 0 aliphatic heterocycles. The number of amides is 1. The molecule has 1 rings (SSSR count). The summed E-state index contributed by atoms with van der Waals surface area (Å²) in [6.07, 6.45) is 6.28. The van der Waals surface area contributed by atoms with Gasteiger partial charge >= 0.3 is 11.9 Å². The third-order valence-corrected chi connectivity index (χ3v) is 3.46. The molecule has 1 aliphatic carbocycles. The van der Waals surface area contributed by atoms with E-state index >= 15 is 0 Å². The van der Waals surface area contributed by atoms with Crippen LogP contribution in [0, 0.1) is 5.92 Å². The molecular formula is C13H21NO5. The molecule has 6 nitrogen and oxygen atoms in total. The van der Waals surface area contributed by atoms with Crippen molar-refractivity contribution < 1.29 is 24.6 Å². The molecule has 0 bridgehead atoms. The number of carboxylic acid groups (broad SMARTS) is 2. The Balaban J connectivity index is 2.42. The van der Waals surface area contributed by atoms with Crippen LogP contribution in [-0.2, 0) is 14.4 Å². The third-order valence-electron chi connectivity index (χ3n) is 3.46. The summed E-state index contributed by atoms with van der Waals surface area (Å²) >= 11 is 0. The molecule has 108 valence electrons. The smallest absolute Gasteiger partial charge is 0.326 e. The zero-order chi connectivity index (χ0) is 14.3. The quantitative estimate of drug-likeness (QED) is 0.633. The topological polar surface area (TPSA) is 104 Å². The van der Waals surface area contributed by atoms with Gasteiger partial charge in [0.05, 0.1) is 6.42 Å². The van der Waals surface area contributed by atoms with Gasteiger partial charge in [-0.3, -0.25) is 9.59 Å². The van der Waals surface area contributed by atoms with Crippen molar-refractivity contribution in [3.8, 4) is 0 Å². The summed E-state index contributed by atoms with van der Waals surface area (Å²) in [7, 11) is 0. The predicted molar refractivity (Wildman–Crippen MR) is 67.6 cm³/mol. The lowest BCUT2D eigenvalue weighted by Gasteiger charge is -2.16. The Labute approximate surface area is 112 Å². The summed E-state index contributed by atoms with van der Waals surface area (Å²) in [6, 6.07) is -1.34. The number of aliphatic carboxylic acids is 2. The lowest BCUT2D eigenvalue weighted by Crippen LogP contribution is -2.42. The SMILES string of the molecule is O=C(O)C[C@H](NC(=O)CC1CCCCCC1)C(=O)O. The average molecular weight is 271 g/mol. The van der Waals surface area contributed by atoms with Crippen molar-refractivity contribution in [2.45, 2.75) is 57.4 Å². The normalized spacial score (nSPS) is 18.3. The van der Waals surface area contributed by atoms with Gasteiger partial charge in [-0.05, 0) is 18.8 Å². The lowest BCUT2D eigenvalue weighted by atomic mass is 9.96. The Morgan fingerprint density at radius 1 is 1.05 bits per heavy atom. The molecule has 1 fully saturated rings. The third kappa shape index (κ3) is 6.22. The van der Waals surface area contributed by atoms with Crippen molar-refractivity contribution in [3.05, 3.63) is 0 Å². The van der Waals surface area contributed by atoms with E-state index in [9.17, 15) is 14.4 Å². The second-order valence-electron chi connectivity index (χ2n) is 5.12. The van der Waals surface area contributed by atoms with Gasteiger partial charge < -0.3 is 15.5 Å². The Bertz CT molecular complexity index is 334. The summed E-state index contributed by atoms with van der Waals surface area (Å²) < 4.78 is 0. The molecule has 1 aliphatic rings. The number of carboxylic acids is 2. The van der Waals surface area contributed by atoms with E-state index in [0.29, 0.717) is 12.3 Å². The largest absolute Gasteiger partial charge is 0.481 e. The van der Waals surface area contributed by atoms with Crippen molar-refractivity contribution in [2.75, 3.05) is 0 Å². The standard InChI is InChI=1S/C13H21NO5/c15-11(7-9-5-3-1-2-4-6-9)14-10(13(18)19)8-12(16)17/h9-10H,1-8H2,(H,14,15)(H,16,17)(H,18,19)/t10-/m0/s1. The molecule has 6 heteroatoms. The lowest BCUT2D eigenvalue weighted by molar-refractivity contribution is -0.147. The van der Waals surface area contributed by atoms with Crippen LogP contribution in [0.4, 0.5) is 0 Å². The monoisotopic (exact) mass is 271 g/mol. The maximum atomic E-state index is 11.8. The van der Waals surface area contributed by atoms with Gasteiger partial charge in [-0.1, -0.05) is 25.7 Å². The Morgan fingerprint density at radius 3 is 2.11 bits per heavy atom. The van der Waals surface area contributed by atoms with E-state index < -0.39 is 24.4 Å². The van der Waals surface area contributed by atoms with Crippen molar-refractivity contribution in [1.82, 2.24) is 5.32 Å². The molecule has 1 amide bonds. The number of hydrogen-bond donors (Lipinski definition) is 3. The fourth-order valence-corrected chi connectivity index (χ4v) is 2.46. The highest BCUT2D eigenvalue weighted by Gasteiger charge is 2.24. The predicted octanol–water partition coefficient (Wildman–Crippen LogP) is 1.39. The first-order valence-electron chi connectivity index (χ1n) is 6.73. The molecule has 0 saturated heterocycles. The minimum Gasteiger partial charge on any atom is -0.481 e. The Morgan fingerprint density at radius 2 is 1.63 bits per heavy atom. The molecular weight excluding hydrogens is 250 g/mol. The number of carbonyl (C=O) groups is 3. The molecule has 0 spiro atoms. The van der Waals surface area contributed by atoms with E-state index in [-0.39, 0.29) is 5.91 Å². The molecule has 1 saturated carbocycles. The van der Waals surface area contributed by atoms with Gasteiger partial charge in [0.15, 0.2) is 0 Å².